The number of rotatable bonds is 2. The molecule has 0 aliphatic carbocycles. The maximum atomic E-state index is 8.35. The van der Waals surface area contributed by atoms with Crippen LogP contribution in [-0.2, 0) is 7.05 Å². The first-order valence-electron chi connectivity index (χ1n) is 8.73. The Morgan fingerprint density at radius 2 is 2.00 bits per heavy atom. The largest absolute Gasteiger partial charge is 0.299 e. The zero-order valence-electron chi connectivity index (χ0n) is 15.5. The maximum Gasteiger partial charge on any atom is 0.212 e. The van der Waals surface area contributed by atoms with Crippen molar-refractivity contribution in [1.29, 1.82) is 0 Å². The Morgan fingerprint density at radius 3 is 2.79 bits per heavy atom. The van der Waals surface area contributed by atoms with Crippen molar-refractivity contribution in [2.45, 2.75) is 26.7 Å². The third-order valence-corrected chi connectivity index (χ3v) is 4.73. The summed E-state index contributed by atoms with van der Waals surface area (Å²) in [5.74, 6) is -0.621. The molecule has 3 aromatic heterocycles. The maximum absolute atomic E-state index is 8.35. The van der Waals surface area contributed by atoms with E-state index in [-0.39, 0.29) is 0 Å². The molecule has 3 heterocycles. The van der Waals surface area contributed by atoms with Crippen LogP contribution in [0.4, 0.5) is 0 Å². The van der Waals surface area contributed by atoms with Crippen molar-refractivity contribution >= 4 is 16.7 Å². The smallest absolute Gasteiger partial charge is 0.212 e. The SMILES string of the molecule is [2H]C(C)(C)c1cc[n+](C)c(-c2ccc3nc4ccccn4c3c2C)c1. The van der Waals surface area contributed by atoms with E-state index in [1.54, 1.807) is 0 Å². The molecule has 0 N–H and O–H groups in total. The van der Waals surface area contributed by atoms with Crippen molar-refractivity contribution in [2.75, 3.05) is 0 Å². The number of fused-ring (bicyclic) bond motifs is 3. The lowest BCUT2D eigenvalue weighted by molar-refractivity contribution is -0.660. The number of benzene rings is 1. The van der Waals surface area contributed by atoms with Crippen LogP contribution in [0.2, 0.25) is 0 Å². The second kappa shape index (κ2) is 5.45. The fraction of sp³-hybridized carbons (Fsp3) is 0.238. The summed E-state index contributed by atoms with van der Waals surface area (Å²) in [5, 5.41) is 0. The highest BCUT2D eigenvalue weighted by molar-refractivity contribution is 5.88. The van der Waals surface area contributed by atoms with Crippen molar-refractivity contribution in [3.8, 4) is 11.3 Å². The predicted molar refractivity (Wildman–Crippen MR) is 98.1 cm³/mol. The van der Waals surface area contributed by atoms with Crippen LogP contribution < -0.4 is 4.57 Å². The number of pyridine rings is 2. The average Bonchev–Trinajstić information content (AvgIpc) is 2.94. The van der Waals surface area contributed by atoms with Crippen LogP contribution in [0.5, 0.6) is 0 Å². The normalized spacial score (nSPS) is 12.8. The van der Waals surface area contributed by atoms with E-state index in [9.17, 15) is 0 Å². The summed E-state index contributed by atoms with van der Waals surface area (Å²) in [6, 6.07) is 14.5. The Morgan fingerprint density at radius 1 is 1.17 bits per heavy atom. The number of aromatic nitrogens is 3. The zero-order chi connectivity index (χ0) is 17.8. The lowest BCUT2D eigenvalue weighted by Gasteiger charge is -2.09. The van der Waals surface area contributed by atoms with Crippen molar-refractivity contribution in [2.24, 2.45) is 7.05 Å². The molecule has 24 heavy (non-hydrogen) atoms. The van der Waals surface area contributed by atoms with Gasteiger partial charge in [-0.15, -0.1) is 0 Å². The molecule has 3 heteroatoms. The van der Waals surface area contributed by atoms with Gasteiger partial charge in [-0.2, -0.15) is 0 Å². The minimum Gasteiger partial charge on any atom is -0.299 e. The van der Waals surface area contributed by atoms with Gasteiger partial charge in [0.1, 0.15) is 12.7 Å². The van der Waals surface area contributed by atoms with E-state index in [0.717, 1.165) is 27.9 Å². The van der Waals surface area contributed by atoms with Gasteiger partial charge in [0.2, 0.25) is 5.69 Å². The topological polar surface area (TPSA) is 21.2 Å². The Bertz CT molecular complexity index is 1100. The molecule has 0 aliphatic rings. The van der Waals surface area contributed by atoms with E-state index >= 15 is 0 Å². The first kappa shape index (κ1) is 13.7. The zero-order valence-corrected chi connectivity index (χ0v) is 14.5. The molecule has 0 fully saturated rings. The Kier molecular flexibility index (Phi) is 3.12. The van der Waals surface area contributed by atoms with Crippen LogP contribution in [0.1, 0.15) is 32.2 Å². The highest BCUT2D eigenvalue weighted by atomic mass is 15.0. The third-order valence-electron chi connectivity index (χ3n) is 4.73. The van der Waals surface area contributed by atoms with E-state index in [2.05, 4.69) is 40.3 Å². The van der Waals surface area contributed by atoms with Crippen LogP contribution in [0.25, 0.3) is 27.9 Å². The van der Waals surface area contributed by atoms with Crippen molar-refractivity contribution < 1.29 is 5.94 Å². The molecule has 1 aromatic carbocycles. The molecule has 4 rings (SSSR count). The standard InChI is InChI=1S/C21H22N3/c1-14(2)16-10-12-23(4)19(13-16)17-8-9-18-21(15(17)3)24-11-6-5-7-20(24)22-18/h5-14H,1-4H3/q+1/i14D. The molecule has 0 amide bonds. The van der Waals surface area contributed by atoms with E-state index < -0.39 is 5.89 Å². The second-order valence-corrected chi connectivity index (χ2v) is 6.56. The molecule has 0 bridgehead atoms. The first-order valence-corrected chi connectivity index (χ1v) is 8.23. The summed E-state index contributed by atoms with van der Waals surface area (Å²) in [5.41, 5.74) is 7.61. The molecule has 3 nitrogen and oxygen atoms in total. The van der Waals surface area contributed by atoms with Gasteiger partial charge in [-0.3, -0.25) is 4.40 Å². The van der Waals surface area contributed by atoms with E-state index in [0.29, 0.717) is 0 Å². The van der Waals surface area contributed by atoms with Crippen LogP contribution >= 0.6 is 0 Å². The molecular weight excluding hydrogens is 294 g/mol. The van der Waals surface area contributed by atoms with Gasteiger partial charge in [0.25, 0.3) is 0 Å². The lowest BCUT2D eigenvalue weighted by Crippen LogP contribution is -2.30. The summed E-state index contributed by atoms with van der Waals surface area (Å²) in [4.78, 5) is 4.72. The monoisotopic (exact) mass is 317 g/mol. The Balaban J connectivity index is 2.02. The van der Waals surface area contributed by atoms with Gasteiger partial charge in [0.05, 0.1) is 16.6 Å². The second-order valence-electron chi connectivity index (χ2n) is 6.56. The summed E-state index contributed by atoms with van der Waals surface area (Å²) >= 11 is 0. The van der Waals surface area contributed by atoms with Gasteiger partial charge in [-0.1, -0.05) is 19.9 Å². The molecule has 0 radical (unpaired) electrons. The van der Waals surface area contributed by atoms with Gasteiger partial charge in [-0.25, -0.2) is 9.55 Å². The average molecular weight is 317 g/mol. The highest BCUT2D eigenvalue weighted by Gasteiger charge is 2.18. The highest BCUT2D eigenvalue weighted by Crippen LogP contribution is 2.29. The number of hydrogen-bond acceptors (Lipinski definition) is 1. The molecule has 0 saturated carbocycles. The molecule has 0 spiro atoms. The van der Waals surface area contributed by atoms with Crippen LogP contribution in [0.3, 0.4) is 0 Å². The summed E-state index contributed by atoms with van der Waals surface area (Å²) in [7, 11) is 2.05. The minimum atomic E-state index is -0.621. The van der Waals surface area contributed by atoms with Crippen molar-refractivity contribution in [3.05, 3.63) is 66.0 Å². The van der Waals surface area contributed by atoms with Crippen LogP contribution in [0.15, 0.2) is 54.9 Å². The van der Waals surface area contributed by atoms with E-state index in [4.69, 9.17) is 6.35 Å². The molecule has 0 aliphatic heterocycles. The van der Waals surface area contributed by atoms with Crippen LogP contribution in [0, 0.1) is 6.92 Å². The van der Waals surface area contributed by atoms with Crippen molar-refractivity contribution in [1.82, 2.24) is 9.38 Å². The molecule has 0 atom stereocenters. The van der Waals surface area contributed by atoms with Crippen LogP contribution in [-0.4, -0.2) is 9.38 Å². The first-order chi connectivity index (χ1) is 11.9. The van der Waals surface area contributed by atoms with Gasteiger partial charge in [0, 0.05) is 19.7 Å². The summed E-state index contributed by atoms with van der Waals surface area (Å²) in [6.45, 7) is 6.00. The summed E-state index contributed by atoms with van der Waals surface area (Å²) in [6.07, 6.45) is 4.10. The quantitative estimate of drug-likeness (QED) is 0.502. The molecule has 0 saturated heterocycles. The predicted octanol–water partition coefficient (Wildman–Crippen LogP) is 4.41. The van der Waals surface area contributed by atoms with Gasteiger partial charge >= 0.3 is 0 Å². The third kappa shape index (κ3) is 2.20. The molecule has 120 valence electrons. The van der Waals surface area contributed by atoms with Crippen molar-refractivity contribution in [3.63, 3.8) is 0 Å². The van der Waals surface area contributed by atoms with Gasteiger partial charge in [-0.05, 0) is 48.2 Å². The number of nitrogens with zero attached hydrogens (tertiary/aromatic N) is 3. The minimum absolute atomic E-state index is 0.621. The molecule has 4 aromatic rings. The summed E-state index contributed by atoms with van der Waals surface area (Å²) < 4.78 is 12.6. The van der Waals surface area contributed by atoms with E-state index in [1.807, 2.05) is 51.4 Å². The number of imidazole rings is 1. The fourth-order valence-electron chi connectivity index (χ4n) is 3.34. The van der Waals surface area contributed by atoms with Gasteiger partial charge < -0.3 is 0 Å². The Labute approximate surface area is 143 Å². The van der Waals surface area contributed by atoms with E-state index in [1.165, 1.54) is 11.1 Å². The van der Waals surface area contributed by atoms with Gasteiger partial charge in [0.15, 0.2) is 6.20 Å². The molecule has 0 unspecified atom stereocenters. The Hall–Kier alpha value is -2.68. The number of aryl methyl sites for hydroxylation is 2. The fourth-order valence-corrected chi connectivity index (χ4v) is 3.34. The molecular formula is C21H22N3+. The lowest BCUT2D eigenvalue weighted by atomic mass is 9.98. The number of hydrogen-bond donors (Lipinski definition) is 0.